The first-order valence-corrected chi connectivity index (χ1v) is 11.4. The summed E-state index contributed by atoms with van der Waals surface area (Å²) in [6.45, 7) is 6.75. The SMILES string of the molecule is CN=C(NCc1ccc(S(N)(=O)=O)s1)N1CCOC(c2ccc(C)cc2C)C1. The van der Waals surface area contributed by atoms with Crippen LogP contribution in [-0.2, 0) is 21.3 Å². The number of guanidine groups is 1. The standard InChI is InChI=1S/C19H26N4O3S2/c1-13-4-6-16(14(2)10-13)17-12-23(8-9-26-17)19(21-3)22-11-15-5-7-18(27-15)28(20,24)25/h4-7,10,17H,8-9,11-12H2,1-3H3,(H,21,22)(H2,20,24,25). The summed E-state index contributed by atoms with van der Waals surface area (Å²) in [5, 5.41) is 8.49. The van der Waals surface area contributed by atoms with Crippen molar-refractivity contribution in [2.45, 2.75) is 30.7 Å². The van der Waals surface area contributed by atoms with Crippen molar-refractivity contribution in [1.29, 1.82) is 0 Å². The summed E-state index contributed by atoms with van der Waals surface area (Å²) < 4.78 is 29.0. The number of rotatable bonds is 4. The fraction of sp³-hybridized carbons (Fsp3) is 0.421. The Kier molecular flexibility index (Phi) is 6.39. The van der Waals surface area contributed by atoms with Crippen LogP contribution in [0, 0.1) is 13.8 Å². The predicted molar refractivity (Wildman–Crippen MR) is 112 cm³/mol. The van der Waals surface area contributed by atoms with Gasteiger partial charge >= 0.3 is 0 Å². The molecule has 152 valence electrons. The zero-order valence-electron chi connectivity index (χ0n) is 16.3. The van der Waals surface area contributed by atoms with Crippen molar-refractivity contribution in [3.63, 3.8) is 0 Å². The molecule has 0 spiro atoms. The largest absolute Gasteiger partial charge is 0.370 e. The van der Waals surface area contributed by atoms with Crippen LogP contribution in [0.15, 0.2) is 39.5 Å². The normalized spacial score (nSPS) is 18.4. The number of nitrogens with two attached hydrogens (primary N) is 1. The third-order valence-corrected chi connectivity index (χ3v) is 7.21. The minimum atomic E-state index is -3.66. The van der Waals surface area contributed by atoms with Gasteiger partial charge in [0.2, 0.25) is 10.0 Å². The van der Waals surface area contributed by atoms with Crippen molar-refractivity contribution in [3.05, 3.63) is 51.9 Å². The van der Waals surface area contributed by atoms with Gasteiger partial charge in [0, 0.05) is 18.5 Å². The Hall–Kier alpha value is -1.94. The molecule has 3 N–H and O–H groups in total. The number of benzene rings is 1. The highest BCUT2D eigenvalue weighted by Gasteiger charge is 2.25. The average Bonchev–Trinajstić information content (AvgIpc) is 3.12. The maximum atomic E-state index is 11.4. The number of ether oxygens (including phenoxy) is 1. The Morgan fingerprint density at radius 3 is 2.79 bits per heavy atom. The van der Waals surface area contributed by atoms with Gasteiger partial charge in [-0.05, 0) is 37.1 Å². The molecule has 9 heteroatoms. The number of nitrogens with one attached hydrogen (secondary N) is 1. The van der Waals surface area contributed by atoms with Gasteiger partial charge in [0.1, 0.15) is 10.3 Å². The van der Waals surface area contributed by atoms with Crippen LogP contribution < -0.4 is 10.5 Å². The highest BCUT2D eigenvalue weighted by molar-refractivity contribution is 7.91. The second-order valence-electron chi connectivity index (χ2n) is 6.83. The number of aliphatic imine (C=N–C) groups is 1. The van der Waals surface area contributed by atoms with Crippen molar-refractivity contribution in [3.8, 4) is 0 Å². The molecule has 0 saturated carbocycles. The van der Waals surface area contributed by atoms with Crippen LogP contribution in [0.1, 0.15) is 27.7 Å². The van der Waals surface area contributed by atoms with Crippen LogP contribution >= 0.6 is 11.3 Å². The van der Waals surface area contributed by atoms with Crippen molar-refractivity contribution in [2.75, 3.05) is 26.7 Å². The molecule has 1 aliphatic heterocycles. The van der Waals surface area contributed by atoms with E-state index in [2.05, 4.69) is 47.3 Å². The van der Waals surface area contributed by atoms with Gasteiger partial charge in [0.15, 0.2) is 5.96 Å². The van der Waals surface area contributed by atoms with Gasteiger partial charge in [0.05, 0.1) is 19.7 Å². The first-order valence-electron chi connectivity index (χ1n) is 9.04. The van der Waals surface area contributed by atoms with E-state index in [1.165, 1.54) is 34.1 Å². The summed E-state index contributed by atoms with van der Waals surface area (Å²) in [6.07, 6.45) is -0.0105. The molecule has 0 amide bonds. The number of hydrogen-bond donors (Lipinski definition) is 2. The number of nitrogens with zero attached hydrogens (tertiary/aromatic N) is 2. The van der Waals surface area contributed by atoms with Gasteiger partial charge < -0.3 is 15.0 Å². The second kappa shape index (κ2) is 8.60. The number of thiophene rings is 1. The molecular weight excluding hydrogens is 396 g/mol. The Morgan fingerprint density at radius 1 is 1.36 bits per heavy atom. The molecule has 2 heterocycles. The summed E-state index contributed by atoms with van der Waals surface area (Å²) in [6, 6.07) is 9.71. The number of hydrogen-bond acceptors (Lipinski definition) is 5. The molecule has 1 unspecified atom stereocenters. The number of aryl methyl sites for hydroxylation is 2. The van der Waals surface area contributed by atoms with E-state index in [-0.39, 0.29) is 10.3 Å². The van der Waals surface area contributed by atoms with Gasteiger partial charge in [-0.1, -0.05) is 23.8 Å². The third-order valence-electron chi connectivity index (χ3n) is 4.69. The lowest BCUT2D eigenvalue weighted by Crippen LogP contribution is -2.48. The van der Waals surface area contributed by atoms with E-state index in [0.717, 1.165) is 17.4 Å². The lowest BCUT2D eigenvalue weighted by atomic mass is 10.00. The van der Waals surface area contributed by atoms with Crippen LogP contribution in [0.3, 0.4) is 0 Å². The lowest BCUT2D eigenvalue weighted by Gasteiger charge is -2.35. The first-order chi connectivity index (χ1) is 13.3. The Morgan fingerprint density at radius 2 is 2.14 bits per heavy atom. The van der Waals surface area contributed by atoms with E-state index in [1.54, 1.807) is 13.1 Å². The highest BCUT2D eigenvalue weighted by Crippen LogP contribution is 2.26. The smallest absolute Gasteiger partial charge is 0.247 e. The molecule has 0 aliphatic carbocycles. The molecule has 1 aromatic heterocycles. The minimum absolute atomic E-state index is 0.0105. The van der Waals surface area contributed by atoms with Crippen molar-refractivity contribution < 1.29 is 13.2 Å². The lowest BCUT2D eigenvalue weighted by molar-refractivity contribution is -0.00834. The van der Waals surface area contributed by atoms with Gasteiger partial charge in [-0.25, -0.2) is 13.6 Å². The number of primary sulfonamides is 1. The molecule has 2 aromatic rings. The molecule has 0 bridgehead atoms. The Bertz CT molecular complexity index is 969. The molecule has 0 radical (unpaired) electrons. The zero-order chi connectivity index (χ0) is 20.3. The van der Waals surface area contributed by atoms with Gasteiger partial charge in [-0.3, -0.25) is 4.99 Å². The molecule has 28 heavy (non-hydrogen) atoms. The van der Waals surface area contributed by atoms with Crippen molar-refractivity contribution in [1.82, 2.24) is 10.2 Å². The van der Waals surface area contributed by atoms with E-state index in [1.807, 2.05) is 0 Å². The summed E-state index contributed by atoms with van der Waals surface area (Å²) in [5.41, 5.74) is 3.66. The number of sulfonamides is 1. The maximum Gasteiger partial charge on any atom is 0.247 e. The van der Waals surface area contributed by atoms with Gasteiger partial charge in [-0.15, -0.1) is 11.3 Å². The van der Waals surface area contributed by atoms with E-state index >= 15 is 0 Å². The predicted octanol–water partition coefficient (Wildman–Crippen LogP) is 2.16. The molecule has 1 aromatic carbocycles. The highest BCUT2D eigenvalue weighted by atomic mass is 32.2. The summed E-state index contributed by atoms with van der Waals surface area (Å²) >= 11 is 1.17. The molecule has 1 aliphatic rings. The Balaban J connectivity index is 1.66. The fourth-order valence-corrected chi connectivity index (χ4v) is 5.04. The molecule has 3 rings (SSSR count). The van der Waals surface area contributed by atoms with E-state index < -0.39 is 10.0 Å². The maximum absolute atomic E-state index is 11.4. The summed E-state index contributed by atoms with van der Waals surface area (Å²) in [5.74, 6) is 0.767. The van der Waals surface area contributed by atoms with Gasteiger partial charge in [0.25, 0.3) is 0 Å². The molecule has 7 nitrogen and oxygen atoms in total. The Labute approximate surface area is 170 Å². The van der Waals surface area contributed by atoms with E-state index in [4.69, 9.17) is 9.88 Å². The summed E-state index contributed by atoms with van der Waals surface area (Å²) in [7, 11) is -1.91. The van der Waals surface area contributed by atoms with Gasteiger partial charge in [-0.2, -0.15) is 0 Å². The average molecular weight is 423 g/mol. The van der Waals surface area contributed by atoms with Crippen LogP contribution in [0.4, 0.5) is 0 Å². The number of morpholine rings is 1. The van der Waals surface area contributed by atoms with Crippen molar-refractivity contribution >= 4 is 27.3 Å². The molecular formula is C19H26N4O3S2. The van der Waals surface area contributed by atoms with Crippen LogP contribution in [0.25, 0.3) is 0 Å². The molecule has 1 fully saturated rings. The van der Waals surface area contributed by atoms with Crippen LogP contribution in [-0.4, -0.2) is 46.0 Å². The molecule has 1 atom stereocenters. The minimum Gasteiger partial charge on any atom is -0.370 e. The van der Waals surface area contributed by atoms with E-state index in [0.29, 0.717) is 19.7 Å². The topological polar surface area (TPSA) is 97.0 Å². The third kappa shape index (κ3) is 4.91. The quantitative estimate of drug-likeness (QED) is 0.581. The van der Waals surface area contributed by atoms with Crippen molar-refractivity contribution in [2.24, 2.45) is 10.1 Å². The van der Waals surface area contributed by atoms with Crippen LogP contribution in [0.2, 0.25) is 0 Å². The summed E-state index contributed by atoms with van der Waals surface area (Å²) in [4.78, 5) is 7.43. The van der Waals surface area contributed by atoms with Crippen LogP contribution in [0.5, 0.6) is 0 Å². The second-order valence-corrected chi connectivity index (χ2v) is 9.79. The van der Waals surface area contributed by atoms with E-state index in [9.17, 15) is 8.42 Å². The first kappa shape index (κ1) is 20.8. The zero-order valence-corrected chi connectivity index (χ0v) is 17.9. The fourth-order valence-electron chi connectivity index (χ4n) is 3.32. The molecule has 1 saturated heterocycles. The monoisotopic (exact) mass is 422 g/mol.